The minimum Gasteiger partial charge on any atom is -0.477 e. The zero-order chi connectivity index (χ0) is 32.8. The summed E-state index contributed by atoms with van der Waals surface area (Å²) in [5, 5.41) is 133. The van der Waals surface area contributed by atoms with Gasteiger partial charge in [-0.2, -0.15) is 0 Å². The van der Waals surface area contributed by atoms with Crippen molar-refractivity contribution < 1.29 is 94.9 Å². The number of nitrogens with one attached hydrogen (secondary N) is 1. The maximum Gasteiger partial charge on any atom is 0.364 e. The normalized spacial score (nSPS) is 37.5. The molecular formula is C23H41NO19. The highest BCUT2D eigenvalue weighted by Crippen LogP contribution is 2.34. The summed E-state index contributed by atoms with van der Waals surface area (Å²) in [5.74, 6) is -5.60. The van der Waals surface area contributed by atoms with Gasteiger partial charge in [0.25, 0.3) is 5.79 Å². The zero-order valence-corrected chi connectivity index (χ0v) is 22.9. The van der Waals surface area contributed by atoms with E-state index in [1.54, 1.807) is 0 Å². The Hall–Kier alpha value is -1.70. The number of carboxylic acid groups (broad SMARTS) is 1. The molecule has 2 rings (SSSR count). The monoisotopic (exact) mass is 635 g/mol. The third kappa shape index (κ3) is 8.73. The van der Waals surface area contributed by atoms with Crippen molar-refractivity contribution in [3.63, 3.8) is 0 Å². The number of carbonyl (C=O) groups is 2. The first-order valence-corrected chi connectivity index (χ1v) is 13.1. The van der Waals surface area contributed by atoms with Gasteiger partial charge in [0, 0.05) is 13.3 Å². The summed E-state index contributed by atoms with van der Waals surface area (Å²) in [7, 11) is 0. The van der Waals surface area contributed by atoms with Crippen LogP contribution in [0.5, 0.6) is 0 Å². The van der Waals surface area contributed by atoms with E-state index in [1.165, 1.54) is 0 Å². The van der Waals surface area contributed by atoms with Crippen molar-refractivity contribution in [3.8, 4) is 0 Å². The first-order chi connectivity index (χ1) is 20.0. The fraction of sp³-hybridized carbons (Fsp3) is 0.913. The predicted molar refractivity (Wildman–Crippen MR) is 132 cm³/mol. The lowest BCUT2D eigenvalue weighted by Crippen LogP contribution is -2.65. The minimum absolute atomic E-state index is 0.762. The van der Waals surface area contributed by atoms with E-state index in [0.717, 1.165) is 6.92 Å². The molecule has 2 saturated heterocycles. The van der Waals surface area contributed by atoms with Crippen molar-refractivity contribution >= 4 is 11.9 Å². The molecule has 0 aromatic carbocycles. The Kier molecular flexibility index (Phi) is 14.0. The number of aliphatic hydroxyl groups is 12. The van der Waals surface area contributed by atoms with Crippen molar-refractivity contribution in [2.45, 2.75) is 105 Å². The largest absolute Gasteiger partial charge is 0.477 e. The van der Waals surface area contributed by atoms with Crippen LogP contribution in [0.1, 0.15) is 13.3 Å². The molecule has 0 aromatic heterocycles. The highest BCUT2D eigenvalue weighted by atomic mass is 16.7. The smallest absolute Gasteiger partial charge is 0.364 e. The van der Waals surface area contributed by atoms with E-state index in [1.807, 2.05) is 0 Å². The molecule has 14 N–H and O–H groups in total. The second-order valence-corrected chi connectivity index (χ2v) is 10.3. The zero-order valence-electron chi connectivity index (χ0n) is 22.9. The first kappa shape index (κ1) is 37.5. The number of hydrogen-bond donors (Lipinski definition) is 14. The molecule has 43 heavy (non-hydrogen) atoms. The predicted octanol–water partition coefficient (Wildman–Crippen LogP) is -8.59. The Bertz CT molecular complexity index is 897. The molecule has 20 nitrogen and oxygen atoms in total. The van der Waals surface area contributed by atoms with Crippen LogP contribution in [0.3, 0.4) is 0 Å². The quantitative estimate of drug-likeness (QED) is 0.0794. The van der Waals surface area contributed by atoms with Gasteiger partial charge in [-0.25, -0.2) is 4.79 Å². The summed E-state index contributed by atoms with van der Waals surface area (Å²) in [6.45, 7) is -2.98. The first-order valence-electron chi connectivity index (χ1n) is 13.1. The standard InChI is InChI=1S/C23H41NO19/c1-7(28)24-8(3-25)19(42-21-18(37)17(36)16(35)12(5-27)41-21)15(34)11(31)6-40-23(22(38)39)2-9(29)13(32)20(43-23)14(33)10(30)4-26/h8-21,25-27,29-37H,2-6H2,1H3,(H,24,28)(H,38,39)/t8-,9-,10+,11+,12+,13+,14+,15-,16-,17-,18+,19+,20+,21-,23+/m0/s1. The van der Waals surface area contributed by atoms with Gasteiger partial charge in [-0.3, -0.25) is 4.79 Å². The van der Waals surface area contributed by atoms with E-state index in [-0.39, 0.29) is 0 Å². The van der Waals surface area contributed by atoms with Gasteiger partial charge in [0.1, 0.15) is 67.1 Å². The van der Waals surface area contributed by atoms with E-state index in [4.69, 9.17) is 24.1 Å². The number of aliphatic hydroxyl groups excluding tert-OH is 12. The number of hydrogen-bond acceptors (Lipinski definition) is 18. The molecule has 0 radical (unpaired) electrons. The number of rotatable bonds is 15. The summed E-state index contributed by atoms with van der Waals surface area (Å²) in [4.78, 5) is 23.9. The third-order valence-electron chi connectivity index (χ3n) is 7.12. The van der Waals surface area contributed by atoms with E-state index in [0.29, 0.717) is 0 Å². The number of carbonyl (C=O) groups excluding carboxylic acids is 1. The molecule has 2 aliphatic heterocycles. The Morgan fingerprint density at radius 2 is 1.56 bits per heavy atom. The van der Waals surface area contributed by atoms with Crippen LogP contribution >= 0.6 is 0 Å². The van der Waals surface area contributed by atoms with Crippen LogP contribution in [0.25, 0.3) is 0 Å². The van der Waals surface area contributed by atoms with Crippen molar-refractivity contribution in [2.24, 2.45) is 0 Å². The molecule has 0 saturated carbocycles. The number of amides is 1. The van der Waals surface area contributed by atoms with Gasteiger partial charge in [0.05, 0.1) is 38.6 Å². The van der Waals surface area contributed by atoms with Crippen LogP contribution in [-0.4, -0.2) is 196 Å². The summed E-state index contributed by atoms with van der Waals surface area (Å²) in [6.07, 6.45) is -26.4. The van der Waals surface area contributed by atoms with Crippen molar-refractivity contribution in [2.75, 3.05) is 26.4 Å². The molecule has 1 amide bonds. The fourth-order valence-corrected chi connectivity index (χ4v) is 4.62. The summed E-state index contributed by atoms with van der Waals surface area (Å²) >= 11 is 0. The van der Waals surface area contributed by atoms with Crippen LogP contribution < -0.4 is 5.32 Å². The molecule has 2 aliphatic rings. The summed E-state index contributed by atoms with van der Waals surface area (Å²) in [5.41, 5.74) is 0. The van der Waals surface area contributed by atoms with Crippen molar-refractivity contribution in [1.82, 2.24) is 5.32 Å². The van der Waals surface area contributed by atoms with Crippen LogP contribution in [0.15, 0.2) is 0 Å². The molecule has 15 atom stereocenters. The topological polar surface area (TPSA) is 346 Å². The average Bonchev–Trinajstić information content (AvgIpc) is 2.97. The van der Waals surface area contributed by atoms with Crippen molar-refractivity contribution in [1.29, 1.82) is 0 Å². The highest BCUT2D eigenvalue weighted by molar-refractivity contribution is 5.76. The van der Waals surface area contributed by atoms with Gasteiger partial charge < -0.3 is 90.6 Å². The van der Waals surface area contributed by atoms with Gasteiger partial charge in [0.2, 0.25) is 5.91 Å². The Morgan fingerprint density at radius 3 is 2.07 bits per heavy atom. The fourth-order valence-electron chi connectivity index (χ4n) is 4.62. The maximum absolute atomic E-state index is 12.1. The number of carboxylic acids is 1. The Balaban J connectivity index is 2.30. The molecule has 2 heterocycles. The van der Waals surface area contributed by atoms with Crippen molar-refractivity contribution in [3.05, 3.63) is 0 Å². The second-order valence-electron chi connectivity index (χ2n) is 10.3. The average molecular weight is 636 g/mol. The van der Waals surface area contributed by atoms with Gasteiger partial charge in [0.15, 0.2) is 6.29 Å². The molecule has 0 aliphatic carbocycles. The molecule has 252 valence electrons. The third-order valence-corrected chi connectivity index (χ3v) is 7.12. The second kappa shape index (κ2) is 16.0. The van der Waals surface area contributed by atoms with Crippen LogP contribution in [0.2, 0.25) is 0 Å². The van der Waals surface area contributed by atoms with Gasteiger partial charge >= 0.3 is 5.97 Å². The van der Waals surface area contributed by atoms with E-state index >= 15 is 0 Å². The van der Waals surface area contributed by atoms with Crippen LogP contribution in [0, 0.1) is 0 Å². The lowest BCUT2D eigenvalue weighted by atomic mass is 9.90. The molecule has 0 unspecified atom stereocenters. The SMILES string of the molecule is CC(=O)N[C@@H](CO)[C@@H](O[C@@H]1O[C@H](CO)[C@H](O)[C@H](O)[C@H]1O)[C@@H](O)[C@H](O)CO[C@]1(C(=O)O)C[C@H](O)[C@@H](O)[C@H]([C@H](O)[C@H](O)CO)O1. The van der Waals surface area contributed by atoms with Crippen LogP contribution in [-0.2, 0) is 28.5 Å². The molecule has 0 aromatic rings. The van der Waals surface area contributed by atoms with Gasteiger partial charge in [-0.1, -0.05) is 0 Å². The molecule has 0 bridgehead atoms. The highest BCUT2D eigenvalue weighted by Gasteiger charge is 2.56. The molecular weight excluding hydrogens is 594 g/mol. The minimum atomic E-state index is -2.90. The lowest BCUT2D eigenvalue weighted by molar-refractivity contribution is -0.336. The molecule has 0 spiro atoms. The lowest BCUT2D eigenvalue weighted by Gasteiger charge is -2.45. The maximum atomic E-state index is 12.1. The Labute approximate surface area is 243 Å². The van der Waals surface area contributed by atoms with Gasteiger partial charge in [-0.05, 0) is 0 Å². The van der Waals surface area contributed by atoms with E-state index in [2.05, 4.69) is 5.32 Å². The van der Waals surface area contributed by atoms with Gasteiger partial charge in [-0.15, -0.1) is 0 Å². The van der Waals surface area contributed by atoms with E-state index in [9.17, 15) is 70.9 Å². The number of ether oxygens (including phenoxy) is 4. The van der Waals surface area contributed by atoms with Crippen LogP contribution in [0.4, 0.5) is 0 Å². The molecule has 2 fully saturated rings. The Morgan fingerprint density at radius 1 is 0.930 bits per heavy atom. The number of aliphatic carboxylic acids is 1. The molecule has 20 heteroatoms. The van der Waals surface area contributed by atoms with E-state index < -0.39 is 136 Å². The summed E-state index contributed by atoms with van der Waals surface area (Å²) < 4.78 is 21.1. The summed E-state index contributed by atoms with van der Waals surface area (Å²) in [6, 6.07) is -1.55.